The van der Waals surface area contributed by atoms with Crippen LogP contribution in [0.2, 0.25) is 5.02 Å². The molecule has 0 aliphatic heterocycles. The van der Waals surface area contributed by atoms with Crippen LogP contribution in [0.15, 0.2) is 51.4 Å². The Kier molecular flexibility index (Phi) is 5.46. The van der Waals surface area contributed by atoms with Crippen molar-refractivity contribution in [2.45, 2.75) is 12.5 Å². The number of likely N-dealkylation sites (N-methyl/N-ethyl adjacent to an activating group) is 1. The molecule has 0 saturated carbocycles. The molecule has 0 amide bonds. The van der Waals surface area contributed by atoms with Crippen molar-refractivity contribution >= 4 is 43.5 Å². The molecule has 0 spiro atoms. The second kappa shape index (κ2) is 6.89. The van der Waals surface area contributed by atoms with Gasteiger partial charge in [-0.1, -0.05) is 61.7 Å². The third-order valence-electron chi connectivity index (χ3n) is 3.02. The number of hydrogen-bond acceptors (Lipinski definition) is 1. The fourth-order valence-electron chi connectivity index (χ4n) is 2.05. The van der Waals surface area contributed by atoms with E-state index in [1.54, 1.807) is 0 Å². The lowest BCUT2D eigenvalue weighted by Crippen LogP contribution is -2.19. The molecule has 2 aromatic rings. The van der Waals surface area contributed by atoms with Crippen LogP contribution in [0, 0.1) is 0 Å². The lowest BCUT2D eigenvalue weighted by Gasteiger charge is -2.18. The molecule has 100 valence electrons. The van der Waals surface area contributed by atoms with Gasteiger partial charge in [0.2, 0.25) is 0 Å². The first-order valence-corrected chi connectivity index (χ1v) is 7.93. The quantitative estimate of drug-likeness (QED) is 0.724. The number of rotatable bonds is 4. The van der Waals surface area contributed by atoms with Gasteiger partial charge in [0, 0.05) is 20.0 Å². The van der Waals surface area contributed by atoms with Crippen molar-refractivity contribution in [3.05, 3.63) is 67.6 Å². The predicted octanol–water partition coefficient (Wildman–Crippen LogP) is 5.37. The monoisotopic (exact) mass is 401 g/mol. The first kappa shape index (κ1) is 15.0. The lowest BCUT2D eigenvalue weighted by molar-refractivity contribution is 0.591. The van der Waals surface area contributed by atoms with E-state index < -0.39 is 0 Å². The van der Waals surface area contributed by atoms with Gasteiger partial charge in [-0.2, -0.15) is 0 Å². The zero-order chi connectivity index (χ0) is 13.8. The second-order valence-electron chi connectivity index (χ2n) is 4.34. The molecule has 0 aliphatic carbocycles. The number of halogens is 3. The highest BCUT2D eigenvalue weighted by molar-refractivity contribution is 9.10. The molecule has 1 unspecified atom stereocenters. The number of hydrogen-bond donors (Lipinski definition) is 1. The minimum absolute atomic E-state index is 0.230. The molecule has 2 aromatic carbocycles. The third kappa shape index (κ3) is 4.06. The summed E-state index contributed by atoms with van der Waals surface area (Å²) in [5, 5.41) is 4.10. The van der Waals surface area contributed by atoms with Gasteiger partial charge in [0.25, 0.3) is 0 Å². The Hall–Kier alpha value is -0.350. The van der Waals surface area contributed by atoms with E-state index in [1.165, 1.54) is 11.1 Å². The van der Waals surface area contributed by atoms with E-state index in [4.69, 9.17) is 11.6 Å². The molecule has 0 saturated heterocycles. The summed E-state index contributed by atoms with van der Waals surface area (Å²) >= 11 is 13.2. The van der Waals surface area contributed by atoms with Crippen molar-refractivity contribution in [1.29, 1.82) is 0 Å². The van der Waals surface area contributed by atoms with Crippen LogP contribution in [-0.4, -0.2) is 7.05 Å². The molecule has 1 N–H and O–H groups in total. The Balaban J connectivity index is 2.28. The van der Waals surface area contributed by atoms with Crippen molar-refractivity contribution in [3.8, 4) is 0 Å². The van der Waals surface area contributed by atoms with Crippen LogP contribution in [0.4, 0.5) is 0 Å². The molecule has 0 bridgehead atoms. The summed E-state index contributed by atoms with van der Waals surface area (Å²) in [5.74, 6) is 0. The van der Waals surface area contributed by atoms with E-state index in [1.807, 2.05) is 25.2 Å². The zero-order valence-electron chi connectivity index (χ0n) is 10.5. The van der Waals surface area contributed by atoms with Crippen molar-refractivity contribution in [1.82, 2.24) is 5.32 Å². The molecular weight excluding hydrogens is 389 g/mol. The van der Waals surface area contributed by atoms with Gasteiger partial charge in [-0.05, 0) is 48.9 Å². The maximum Gasteiger partial charge on any atom is 0.0420 e. The highest BCUT2D eigenvalue weighted by Gasteiger charge is 2.13. The van der Waals surface area contributed by atoms with Crippen molar-refractivity contribution in [2.75, 3.05) is 7.05 Å². The molecular formula is C15H14Br2ClN. The molecule has 0 radical (unpaired) electrons. The smallest absolute Gasteiger partial charge is 0.0420 e. The van der Waals surface area contributed by atoms with Crippen molar-refractivity contribution < 1.29 is 0 Å². The van der Waals surface area contributed by atoms with E-state index in [-0.39, 0.29) is 6.04 Å². The van der Waals surface area contributed by atoms with Crippen molar-refractivity contribution in [3.63, 3.8) is 0 Å². The van der Waals surface area contributed by atoms with Gasteiger partial charge in [-0.3, -0.25) is 0 Å². The standard InChI is InChI=1S/C15H14Br2ClN/c1-19-15(8-10-4-2-3-5-14(10)17)11-6-12(16)9-13(18)7-11/h2-7,9,15,19H,8H2,1H3. The van der Waals surface area contributed by atoms with E-state index in [0.29, 0.717) is 0 Å². The van der Waals surface area contributed by atoms with Gasteiger partial charge in [-0.25, -0.2) is 0 Å². The highest BCUT2D eigenvalue weighted by Crippen LogP contribution is 2.27. The minimum atomic E-state index is 0.230. The van der Waals surface area contributed by atoms with E-state index in [9.17, 15) is 0 Å². The highest BCUT2D eigenvalue weighted by atomic mass is 79.9. The van der Waals surface area contributed by atoms with Crippen molar-refractivity contribution in [2.24, 2.45) is 0 Å². The summed E-state index contributed by atoms with van der Waals surface area (Å²) in [6, 6.07) is 14.5. The Morgan fingerprint density at radius 2 is 1.89 bits per heavy atom. The fraction of sp³-hybridized carbons (Fsp3) is 0.200. The van der Waals surface area contributed by atoms with Crippen LogP contribution < -0.4 is 5.32 Å². The van der Waals surface area contributed by atoms with E-state index in [2.05, 4.69) is 61.4 Å². The Morgan fingerprint density at radius 1 is 1.16 bits per heavy atom. The first-order valence-electron chi connectivity index (χ1n) is 5.97. The minimum Gasteiger partial charge on any atom is -0.313 e. The average Bonchev–Trinajstić information content (AvgIpc) is 2.36. The summed E-state index contributed by atoms with van der Waals surface area (Å²) < 4.78 is 2.14. The predicted molar refractivity (Wildman–Crippen MR) is 88.8 cm³/mol. The number of benzene rings is 2. The normalized spacial score (nSPS) is 12.4. The summed E-state index contributed by atoms with van der Waals surface area (Å²) in [6.45, 7) is 0. The maximum atomic E-state index is 6.12. The van der Waals surface area contributed by atoms with Crippen LogP contribution in [0.3, 0.4) is 0 Å². The van der Waals surface area contributed by atoms with E-state index in [0.717, 1.165) is 20.4 Å². The Bertz CT molecular complexity index is 552. The first-order chi connectivity index (χ1) is 9.10. The van der Waals surface area contributed by atoms with Gasteiger partial charge in [0.05, 0.1) is 0 Å². The maximum absolute atomic E-state index is 6.12. The molecule has 1 atom stereocenters. The van der Waals surface area contributed by atoms with Gasteiger partial charge in [0.1, 0.15) is 0 Å². The summed E-state index contributed by atoms with van der Waals surface area (Å²) in [5.41, 5.74) is 2.45. The summed E-state index contributed by atoms with van der Waals surface area (Å²) in [7, 11) is 1.97. The van der Waals surface area contributed by atoms with Gasteiger partial charge in [0.15, 0.2) is 0 Å². The molecule has 2 rings (SSSR count). The van der Waals surface area contributed by atoms with Gasteiger partial charge >= 0.3 is 0 Å². The molecule has 0 aliphatic rings. The lowest BCUT2D eigenvalue weighted by atomic mass is 9.99. The zero-order valence-corrected chi connectivity index (χ0v) is 14.4. The molecule has 0 heterocycles. The molecule has 19 heavy (non-hydrogen) atoms. The molecule has 1 nitrogen and oxygen atoms in total. The molecule has 0 aromatic heterocycles. The van der Waals surface area contributed by atoms with E-state index >= 15 is 0 Å². The number of nitrogens with one attached hydrogen (secondary N) is 1. The van der Waals surface area contributed by atoms with Crippen LogP contribution >= 0.6 is 43.5 Å². The second-order valence-corrected chi connectivity index (χ2v) is 6.55. The van der Waals surface area contributed by atoms with Crippen LogP contribution in [0.5, 0.6) is 0 Å². The van der Waals surface area contributed by atoms with Gasteiger partial charge < -0.3 is 5.32 Å². The molecule has 4 heteroatoms. The Morgan fingerprint density at radius 3 is 2.53 bits per heavy atom. The average molecular weight is 404 g/mol. The fourth-order valence-corrected chi connectivity index (χ4v) is 3.38. The van der Waals surface area contributed by atoms with Crippen LogP contribution in [0.25, 0.3) is 0 Å². The molecule has 0 fully saturated rings. The summed E-state index contributed by atoms with van der Waals surface area (Å²) in [6.07, 6.45) is 0.907. The third-order valence-corrected chi connectivity index (χ3v) is 4.47. The van der Waals surface area contributed by atoms with Crippen LogP contribution in [-0.2, 0) is 6.42 Å². The summed E-state index contributed by atoms with van der Waals surface area (Å²) in [4.78, 5) is 0. The topological polar surface area (TPSA) is 12.0 Å². The van der Waals surface area contributed by atoms with Crippen LogP contribution in [0.1, 0.15) is 17.2 Å². The van der Waals surface area contributed by atoms with Gasteiger partial charge in [-0.15, -0.1) is 0 Å². The largest absolute Gasteiger partial charge is 0.313 e. The Labute approximate surface area is 135 Å². The SMILES string of the molecule is CNC(Cc1ccccc1Br)c1cc(Cl)cc(Br)c1.